The van der Waals surface area contributed by atoms with E-state index in [2.05, 4.69) is 5.32 Å². The highest BCUT2D eigenvalue weighted by molar-refractivity contribution is 5.51. The van der Waals surface area contributed by atoms with Crippen molar-refractivity contribution in [3.05, 3.63) is 33.9 Å². The van der Waals surface area contributed by atoms with Gasteiger partial charge in [-0.1, -0.05) is 0 Å². The SMILES string of the molecule is CC(CNc1c(F)cc([N+](=O)[O-])cc1F)N(C)C. The van der Waals surface area contributed by atoms with Gasteiger partial charge in [0.15, 0.2) is 11.6 Å². The van der Waals surface area contributed by atoms with Gasteiger partial charge in [-0.25, -0.2) is 8.78 Å². The summed E-state index contributed by atoms with van der Waals surface area (Å²) in [6.07, 6.45) is 0. The van der Waals surface area contributed by atoms with Crippen LogP contribution in [0.1, 0.15) is 6.92 Å². The first-order valence-electron chi connectivity index (χ1n) is 5.36. The first-order valence-corrected chi connectivity index (χ1v) is 5.36. The van der Waals surface area contributed by atoms with Crippen LogP contribution in [0.4, 0.5) is 20.2 Å². The number of nitrogens with zero attached hydrogens (tertiary/aromatic N) is 2. The Labute approximate surface area is 104 Å². The Morgan fingerprint density at radius 3 is 2.28 bits per heavy atom. The van der Waals surface area contributed by atoms with E-state index in [1.807, 2.05) is 25.9 Å². The number of nitro benzene ring substituents is 1. The molecule has 1 aromatic rings. The molecule has 1 atom stereocenters. The van der Waals surface area contributed by atoms with E-state index in [-0.39, 0.29) is 11.7 Å². The van der Waals surface area contributed by atoms with Gasteiger partial charge in [0.1, 0.15) is 5.69 Å². The van der Waals surface area contributed by atoms with Crippen molar-refractivity contribution in [2.75, 3.05) is 26.0 Å². The summed E-state index contributed by atoms with van der Waals surface area (Å²) in [5.41, 5.74) is -0.939. The van der Waals surface area contributed by atoms with E-state index in [0.29, 0.717) is 18.7 Å². The maximum atomic E-state index is 13.5. The van der Waals surface area contributed by atoms with Gasteiger partial charge in [-0.2, -0.15) is 0 Å². The molecule has 7 heteroatoms. The van der Waals surface area contributed by atoms with Crippen LogP contribution in [-0.4, -0.2) is 36.5 Å². The highest BCUT2D eigenvalue weighted by Gasteiger charge is 2.17. The molecule has 5 nitrogen and oxygen atoms in total. The molecule has 0 amide bonds. The molecule has 0 aliphatic heterocycles. The molecule has 0 bridgehead atoms. The molecule has 0 saturated carbocycles. The van der Waals surface area contributed by atoms with Crippen LogP contribution in [0, 0.1) is 21.7 Å². The molecule has 0 radical (unpaired) electrons. The van der Waals surface area contributed by atoms with Gasteiger partial charge in [-0.05, 0) is 21.0 Å². The van der Waals surface area contributed by atoms with Crippen molar-refractivity contribution < 1.29 is 13.7 Å². The third-order valence-electron chi connectivity index (χ3n) is 2.69. The molecular formula is C11H15F2N3O2. The van der Waals surface area contributed by atoms with Gasteiger partial charge in [-0.15, -0.1) is 0 Å². The Hall–Kier alpha value is -1.76. The Kier molecular flexibility index (Phi) is 4.55. The fourth-order valence-electron chi connectivity index (χ4n) is 1.27. The smallest absolute Gasteiger partial charge is 0.275 e. The lowest BCUT2D eigenvalue weighted by Crippen LogP contribution is -2.31. The second-order valence-electron chi connectivity index (χ2n) is 4.24. The molecule has 18 heavy (non-hydrogen) atoms. The Morgan fingerprint density at radius 2 is 1.89 bits per heavy atom. The number of nitrogens with one attached hydrogen (secondary N) is 1. The molecule has 0 aliphatic carbocycles. The van der Waals surface area contributed by atoms with Gasteiger partial charge >= 0.3 is 0 Å². The monoisotopic (exact) mass is 259 g/mol. The Balaban J connectivity index is 2.87. The van der Waals surface area contributed by atoms with Crippen molar-refractivity contribution in [3.63, 3.8) is 0 Å². The van der Waals surface area contributed by atoms with Crippen LogP contribution < -0.4 is 5.32 Å². The number of hydrogen-bond donors (Lipinski definition) is 1. The third-order valence-corrected chi connectivity index (χ3v) is 2.69. The number of benzene rings is 1. The summed E-state index contributed by atoms with van der Waals surface area (Å²) in [4.78, 5) is 11.5. The molecule has 100 valence electrons. The van der Waals surface area contributed by atoms with Gasteiger partial charge in [-0.3, -0.25) is 10.1 Å². The van der Waals surface area contributed by atoms with Gasteiger partial charge < -0.3 is 10.2 Å². The summed E-state index contributed by atoms with van der Waals surface area (Å²) in [6, 6.07) is 1.47. The number of hydrogen-bond acceptors (Lipinski definition) is 4. The van der Waals surface area contributed by atoms with E-state index < -0.39 is 22.2 Å². The average Bonchev–Trinajstić information content (AvgIpc) is 2.26. The molecule has 0 fully saturated rings. The number of anilines is 1. The minimum atomic E-state index is -0.965. The molecule has 0 saturated heterocycles. The molecule has 1 unspecified atom stereocenters. The summed E-state index contributed by atoms with van der Waals surface area (Å²) in [7, 11) is 3.68. The lowest BCUT2D eigenvalue weighted by Gasteiger charge is -2.20. The Morgan fingerprint density at radius 1 is 1.39 bits per heavy atom. The second kappa shape index (κ2) is 5.72. The highest BCUT2D eigenvalue weighted by atomic mass is 19.1. The van der Waals surface area contributed by atoms with Crippen molar-refractivity contribution in [1.29, 1.82) is 0 Å². The minimum Gasteiger partial charge on any atom is -0.379 e. The molecule has 1 N–H and O–H groups in total. The van der Waals surface area contributed by atoms with E-state index >= 15 is 0 Å². The van der Waals surface area contributed by atoms with E-state index in [0.717, 1.165) is 0 Å². The molecule has 0 aliphatic rings. The summed E-state index contributed by atoms with van der Waals surface area (Å²) in [5, 5.41) is 13.0. The van der Waals surface area contributed by atoms with Gasteiger partial charge in [0.2, 0.25) is 0 Å². The zero-order valence-electron chi connectivity index (χ0n) is 10.4. The molecular weight excluding hydrogens is 244 g/mol. The molecule has 0 heterocycles. The van der Waals surface area contributed by atoms with Crippen molar-refractivity contribution in [1.82, 2.24) is 4.90 Å². The minimum absolute atomic E-state index is 0.0685. The van der Waals surface area contributed by atoms with Crippen LogP contribution in [0.2, 0.25) is 0 Å². The quantitative estimate of drug-likeness (QED) is 0.650. The third kappa shape index (κ3) is 3.36. The second-order valence-corrected chi connectivity index (χ2v) is 4.24. The van der Waals surface area contributed by atoms with E-state index in [4.69, 9.17) is 0 Å². The van der Waals surface area contributed by atoms with Crippen molar-refractivity contribution in [3.8, 4) is 0 Å². The maximum absolute atomic E-state index is 13.5. The Bertz CT molecular complexity index is 429. The molecule has 0 spiro atoms. The maximum Gasteiger partial charge on any atom is 0.275 e. The van der Waals surface area contributed by atoms with Crippen molar-refractivity contribution in [2.24, 2.45) is 0 Å². The largest absolute Gasteiger partial charge is 0.379 e. The summed E-state index contributed by atoms with van der Waals surface area (Å²) >= 11 is 0. The fourth-order valence-corrected chi connectivity index (χ4v) is 1.27. The number of nitro groups is 1. The average molecular weight is 259 g/mol. The van der Waals surface area contributed by atoms with Gasteiger partial charge in [0.05, 0.1) is 17.1 Å². The van der Waals surface area contributed by atoms with E-state index in [1.54, 1.807) is 0 Å². The first kappa shape index (κ1) is 14.3. The predicted molar refractivity (Wildman–Crippen MR) is 64.7 cm³/mol. The van der Waals surface area contributed by atoms with Crippen LogP contribution in [0.15, 0.2) is 12.1 Å². The predicted octanol–water partition coefficient (Wildman–Crippen LogP) is 2.24. The number of rotatable bonds is 5. The van der Waals surface area contributed by atoms with Crippen LogP contribution in [0.3, 0.4) is 0 Å². The first-order chi connectivity index (χ1) is 8.32. The van der Waals surface area contributed by atoms with Gasteiger partial charge in [0, 0.05) is 12.6 Å². The van der Waals surface area contributed by atoms with Crippen molar-refractivity contribution >= 4 is 11.4 Å². The standard InChI is InChI=1S/C11H15F2N3O2/c1-7(15(2)3)6-14-11-9(12)4-8(16(17)18)5-10(11)13/h4-5,7,14H,6H2,1-3H3. The topological polar surface area (TPSA) is 58.4 Å². The van der Waals surface area contributed by atoms with Gasteiger partial charge in [0.25, 0.3) is 5.69 Å². The molecule has 1 rings (SSSR count). The summed E-state index contributed by atoms with van der Waals surface area (Å²) in [6.45, 7) is 2.22. The summed E-state index contributed by atoms with van der Waals surface area (Å²) < 4.78 is 27.0. The number of non-ortho nitro benzene ring substituents is 1. The van der Waals surface area contributed by atoms with Crippen LogP contribution in [-0.2, 0) is 0 Å². The van der Waals surface area contributed by atoms with Crippen LogP contribution >= 0.6 is 0 Å². The number of likely N-dealkylation sites (N-methyl/N-ethyl adjacent to an activating group) is 1. The fraction of sp³-hybridized carbons (Fsp3) is 0.455. The molecule has 0 aromatic heterocycles. The van der Waals surface area contributed by atoms with Crippen molar-refractivity contribution in [2.45, 2.75) is 13.0 Å². The highest BCUT2D eigenvalue weighted by Crippen LogP contribution is 2.24. The van der Waals surface area contributed by atoms with E-state index in [9.17, 15) is 18.9 Å². The molecule has 1 aromatic carbocycles. The normalized spacial score (nSPS) is 12.6. The summed E-state index contributed by atoms with van der Waals surface area (Å²) in [5.74, 6) is -1.93. The van der Waals surface area contributed by atoms with E-state index in [1.165, 1.54) is 0 Å². The van der Waals surface area contributed by atoms with Crippen LogP contribution in [0.5, 0.6) is 0 Å². The zero-order chi connectivity index (χ0) is 13.9. The zero-order valence-corrected chi connectivity index (χ0v) is 10.4. The lowest BCUT2D eigenvalue weighted by molar-refractivity contribution is -0.385. The number of halogens is 2. The lowest BCUT2D eigenvalue weighted by atomic mass is 10.2. The van der Waals surface area contributed by atoms with Crippen LogP contribution in [0.25, 0.3) is 0 Å².